The SMILES string of the molecule is O=C1CCCCC(CC(O)C(=O)O)O1. The molecule has 1 aliphatic heterocycles. The Kier molecular flexibility index (Phi) is 3.88. The molecule has 0 aromatic heterocycles. The highest BCUT2D eigenvalue weighted by Crippen LogP contribution is 2.18. The van der Waals surface area contributed by atoms with Gasteiger partial charge in [0.1, 0.15) is 6.10 Å². The van der Waals surface area contributed by atoms with E-state index in [1.165, 1.54) is 0 Å². The second kappa shape index (κ2) is 4.95. The standard InChI is InChI=1S/C9H14O5/c10-7(9(12)13)5-6-3-1-2-4-8(11)14-6/h6-7,10H,1-5H2,(H,12,13). The van der Waals surface area contributed by atoms with Crippen LogP contribution in [0.3, 0.4) is 0 Å². The number of aliphatic hydroxyl groups excluding tert-OH is 1. The number of carbonyl (C=O) groups excluding carboxylic acids is 1. The van der Waals surface area contributed by atoms with Crippen molar-refractivity contribution in [3.05, 3.63) is 0 Å². The first kappa shape index (κ1) is 11.0. The van der Waals surface area contributed by atoms with Crippen LogP contribution in [-0.4, -0.2) is 34.4 Å². The molecular weight excluding hydrogens is 188 g/mol. The van der Waals surface area contributed by atoms with Gasteiger partial charge in [0.2, 0.25) is 0 Å². The van der Waals surface area contributed by atoms with E-state index < -0.39 is 18.2 Å². The summed E-state index contributed by atoms with van der Waals surface area (Å²) < 4.78 is 4.97. The summed E-state index contributed by atoms with van der Waals surface area (Å²) in [5, 5.41) is 17.5. The van der Waals surface area contributed by atoms with Crippen LogP contribution in [0.5, 0.6) is 0 Å². The lowest BCUT2D eigenvalue weighted by molar-refractivity contribution is -0.155. The van der Waals surface area contributed by atoms with E-state index in [0.717, 1.165) is 12.8 Å². The average Bonchev–Trinajstić information content (AvgIpc) is 2.29. The van der Waals surface area contributed by atoms with E-state index in [9.17, 15) is 9.59 Å². The smallest absolute Gasteiger partial charge is 0.332 e. The highest BCUT2D eigenvalue weighted by Gasteiger charge is 2.24. The molecule has 1 heterocycles. The maximum atomic E-state index is 11.0. The summed E-state index contributed by atoms with van der Waals surface area (Å²) in [6.45, 7) is 0. The van der Waals surface area contributed by atoms with Gasteiger partial charge < -0.3 is 14.9 Å². The van der Waals surface area contributed by atoms with E-state index in [0.29, 0.717) is 12.8 Å². The van der Waals surface area contributed by atoms with Gasteiger partial charge in [-0.3, -0.25) is 4.79 Å². The van der Waals surface area contributed by atoms with Crippen molar-refractivity contribution in [1.29, 1.82) is 0 Å². The zero-order valence-corrected chi connectivity index (χ0v) is 7.81. The van der Waals surface area contributed by atoms with Crippen LogP contribution in [0.25, 0.3) is 0 Å². The highest BCUT2D eigenvalue weighted by molar-refractivity contribution is 5.72. The summed E-state index contributed by atoms with van der Waals surface area (Å²) in [6, 6.07) is 0. The molecule has 1 rings (SSSR count). The van der Waals surface area contributed by atoms with Crippen molar-refractivity contribution in [2.24, 2.45) is 0 Å². The molecule has 5 nitrogen and oxygen atoms in total. The van der Waals surface area contributed by atoms with Gasteiger partial charge in [0, 0.05) is 12.8 Å². The Morgan fingerprint density at radius 3 is 2.93 bits per heavy atom. The fourth-order valence-electron chi connectivity index (χ4n) is 1.46. The number of carboxylic acid groups (broad SMARTS) is 1. The lowest BCUT2D eigenvalue weighted by Crippen LogP contribution is -2.27. The van der Waals surface area contributed by atoms with E-state index in [4.69, 9.17) is 14.9 Å². The molecular formula is C9H14O5. The van der Waals surface area contributed by atoms with Gasteiger partial charge in [0.15, 0.2) is 6.10 Å². The fourth-order valence-corrected chi connectivity index (χ4v) is 1.46. The van der Waals surface area contributed by atoms with Crippen LogP contribution >= 0.6 is 0 Å². The van der Waals surface area contributed by atoms with Crippen LogP contribution in [-0.2, 0) is 14.3 Å². The van der Waals surface area contributed by atoms with Gasteiger partial charge in [-0.15, -0.1) is 0 Å². The van der Waals surface area contributed by atoms with Crippen molar-refractivity contribution in [3.8, 4) is 0 Å². The Hall–Kier alpha value is -1.10. The number of hydrogen-bond acceptors (Lipinski definition) is 4. The minimum Gasteiger partial charge on any atom is -0.479 e. The lowest BCUT2D eigenvalue weighted by Gasteiger charge is -2.16. The van der Waals surface area contributed by atoms with Gasteiger partial charge in [-0.1, -0.05) is 0 Å². The zero-order valence-electron chi connectivity index (χ0n) is 7.81. The van der Waals surface area contributed by atoms with Gasteiger partial charge in [-0.25, -0.2) is 4.79 Å². The Labute approximate surface area is 81.7 Å². The van der Waals surface area contributed by atoms with E-state index in [1.807, 2.05) is 0 Å². The first-order valence-electron chi connectivity index (χ1n) is 4.70. The second-order valence-electron chi connectivity index (χ2n) is 3.45. The number of aliphatic hydroxyl groups is 1. The normalized spacial score (nSPS) is 24.9. The van der Waals surface area contributed by atoms with Gasteiger partial charge >= 0.3 is 11.9 Å². The minimum atomic E-state index is -1.44. The third-order valence-electron chi connectivity index (χ3n) is 2.23. The molecule has 0 radical (unpaired) electrons. The van der Waals surface area contributed by atoms with Crippen LogP contribution in [0, 0.1) is 0 Å². The molecule has 0 saturated carbocycles. The number of carbonyl (C=O) groups is 2. The first-order chi connectivity index (χ1) is 6.59. The maximum Gasteiger partial charge on any atom is 0.332 e. The van der Waals surface area contributed by atoms with Gasteiger partial charge in [-0.2, -0.15) is 0 Å². The van der Waals surface area contributed by atoms with Crippen molar-refractivity contribution in [3.63, 3.8) is 0 Å². The van der Waals surface area contributed by atoms with E-state index in [2.05, 4.69) is 0 Å². The van der Waals surface area contributed by atoms with Crippen LogP contribution in [0.15, 0.2) is 0 Å². The zero-order chi connectivity index (χ0) is 10.6. The summed E-state index contributed by atoms with van der Waals surface area (Å²) in [4.78, 5) is 21.3. The number of rotatable bonds is 3. The molecule has 0 aromatic rings. The quantitative estimate of drug-likeness (QED) is 0.643. The van der Waals surface area contributed by atoms with Crippen molar-refractivity contribution in [2.75, 3.05) is 0 Å². The molecule has 1 aliphatic rings. The van der Waals surface area contributed by atoms with Crippen LogP contribution in [0.2, 0.25) is 0 Å². The van der Waals surface area contributed by atoms with E-state index >= 15 is 0 Å². The molecule has 0 aliphatic carbocycles. The Balaban J connectivity index is 2.42. The van der Waals surface area contributed by atoms with Crippen molar-refractivity contribution in [2.45, 2.75) is 44.3 Å². The van der Waals surface area contributed by atoms with E-state index in [1.54, 1.807) is 0 Å². The van der Waals surface area contributed by atoms with Gasteiger partial charge in [0.25, 0.3) is 0 Å². The van der Waals surface area contributed by atoms with Gasteiger partial charge in [-0.05, 0) is 19.3 Å². The predicted octanol–water partition coefficient (Wildman–Crippen LogP) is 0.308. The second-order valence-corrected chi connectivity index (χ2v) is 3.45. The van der Waals surface area contributed by atoms with E-state index in [-0.39, 0.29) is 12.4 Å². The highest BCUT2D eigenvalue weighted by atomic mass is 16.5. The number of aliphatic carboxylic acids is 1. The minimum absolute atomic E-state index is 0.0128. The third kappa shape index (κ3) is 3.33. The van der Waals surface area contributed by atoms with Crippen molar-refractivity contribution < 1.29 is 24.5 Å². The molecule has 14 heavy (non-hydrogen) atoms. The number of hydrogen-bond donors (Lipinski definition) is 2. The van der Waals surface area contributed by atoms with Crippen LogP contribution < -0.4 is 0 Å². The summed E-state index contributed by atoms with van der Waals surface area (Å²) >= 11 is 0. The first-order valence-corrected chi connectivity index (χ1v) is 4.70. The summed E-state index contributed by atoms with van der Waals surface area (Å²) in [7, 11) is 0. The average molecular weight is 202 g/mol. The largest absolute Gasteiger partial charge is 0.479 e. The monoisotopic (exact) mass is 202 g/mol. The molecule has 2 N–H and O–H groups in total. The lowest BCUT2D eigenvalue weighted by atomic mass is 10.1. The molecule has 80 valence electrons. The van der Waals surface area contributed by atoms with Crippen LogP contribution in [0.1, 0.15) is 32.1 Å². The Morgan fingerprint density at radius 1 is 1.57 bits per heavy atom. The topological polar surface area (TPSA) is 83.8 Å². The van der Waals surface area contributed by atoms with Crippen molar-refractivity contribution in [1.82, 2.24) is 0 Å². The number of carboxylic acids is 1. The molecule has 0 bridgehead atoms. The summed E-state index contributed by atoms with van der Waals surface area (Å²) in [6.07, 6.45) is 0.736. The third-order valence-corrected chi connectivity index (χ3v) is 2.23. The maximum absolute atomic E-state index is 11.0. The molecule has 5 heteroatoms. The fraction of sp³-hybridized carbons (Fsp3) is 0.778. The number of cyclic esters (lactones) is 1. The molecule has 0 amide bonds. The van der Waals surface area contributed by atoms with Crippen molar-refractivity contribution >= 4 is 11.9 Å². The number of ether oxygens (including phenoxy) is 1. The predicted molar refractivity (Wildman–Crippen MR) is 46.6 cm³/mol. The van der Waals surface area contributed by atoms with Gasteiger partial charge in [0.05, 0.1) is 0 Å². The Morgan fingerprint density at radius 2 is 2.29 bits per heavy atom. The molecule has 0 spiro atoms. The van der Waals surface area contributed by atoms with Crippen LogP contribution in [0.4, 0.5) is 0 Å². The molecule has 0 aromatic carbocycles. The summed E-state index contributed by atoms with van der Waals surface area (Å²) in [5.41, 5.74) is 0. The molecule has 2 atom stereocenters. The molecule has 1 fully saturated rings. The molecule has 1 saturated heterocycles. The number of esters is 1. The molecule has 2 unspecified atom stereocenters. The Bertz CT molecular complexity index is 225. The summed E-state index contributed by atoms with van der Waals surface area (Å²) in [5.74, 6) is -1.57.